The Kier molecular flexibility index (Phi) is 6.02. The van der Waals surface area contributed by atoms with Gasteiger partial charge in [-0.3, -0.25) is 9.59 Å². The molecule has 0 fully saturated rings. The summed E-state index contributed by atoms with van der Waals surface area (Å²) in [6, 6.07) is 9.10. The van der Waals surface area contributed by atoms with Crippen LogP contribution in [0.2, 0.25) is 0 Å². The number of carbonyl (C=O) groups excluding carboxylic acids is 2. The molecule has 0 bridgehead atoms. The lowest BCUT2D eigenvalue weighted by atomic mass is 10.1. The Morgan fingerprint density at radius 3 is 2.82 bits per heavy atom. The zero-order valence-electron chi connectivity index (χ0n) is 14.8. The van der Waals surface area contributed by atoms with Gasteiger partial charge in [-0.1, -0.05) is 30.3 Å². The number of nitrogens with two attached hydrogens (primary N) is 1. The number of carbonyl (C=O) groups is 2. The number of aromatic nitrogens is 2. The van der Waals surface area contributed by atoms with Gasteiger partial charge in [0, 0.05) is 17.9 Å². The SMILES string of the molecule is CC(=O)c1nc(CN/N=C\C(N)=NC(=O)c2ncoc2-c2ccccc2)cs1. The van der Waals surface area contributed by atoms with E-state index in [1.54, 1.807) is 17.5 Å². The minimum Gasteiger partial charge on any atom is -0.443 e. The fourth-order valence-corrected chi connectivity index (χ4v) is 2.90. The molecule has 10 heteroatoms. The van der Waals surface area contributed by atoms with Crippen molar-refractivity contribution in [2.75, 3.05) is 0 Å². The van der Waals surface area contributed by atoms with E-state index in [-0.39, 0.29) is 17.3 Å². The summed E-state index contributed by atoms with van der Waals surface area (Å²) in [5, 5.41) is 6.09. The third kappa shape index (κ3) is 4.74. The molecule has 0 aliphatic heterocycles. The molecule has 0 radical (unpaired) electrons. The van der Waals surface area contributed by atoms with Crippen LogP contribution in [0.5, 0.6) is 0 Å². The van der Waals surface area contributed by atoms with Crippen molar-refractivity contribution in [1.29, 1.82) is 0 Å². The van der Waals surface area contributed by atoms with Crippen molar-refractivity contribution in [2.45, 2.75) is 13.5 Å². The van der Waals surface area contributed by atoms with Crippen LogP contribution in [0, 0.1) is 0 Å². The van der Waals surface area contributed by atoms with Crippen LogP contribution in [0.25, 0.3) is 11.3 Å². The summed E-state index contributed by atoms with van der Waals surface area (Å²) in [5.74, 6) is -0.497. The van der Waals surface area contributed by atoms with Gasteiger partial charge in [-0.25, -0.2) is 9.97 Å². The molecule has 0 atom stereocenters. The molecule has 2 aromatic heterocycles. The molecule has 0 spiro atoms. The molecule has 28 heavy (non-hydrogen) atoms. The summed E-state index contributed by atoms with van der Waals surface area (Å²) < 4.78 is 5.30. The number of thiazole rings is 1. The smallest absolute Gasteiger partial charge is 0.301 e. The van der Waals surface area contributed by atoms with Gasteiger partial charge in [0.05, 0.1) is 18.5 Å². The Morgan fingerprint density at radius 2 is 2.11 bits per heavy atom. The van der Waals surface area contributed by atoms with E-state index in [1.807, 2.05) is 18.2 Å². The molecule has 9 nitrogen and oxygen atoms in total. The van der Waals surface area contributed by atoms with E-state index < -0.39 is 5.91 Å². The Morgan fingerprint density at radius 1 is 1.32 bits per heavy atom. The van der Waals surface area contributed by atoms with Crippen molar-refractivity contribution in [1.82, 2.24) is 15.4 Å². The number of aliphatic imine (C=N–C) groups is 1. The molecule has 3 N–H and O–H groups in total. The first-order valence-electron chi connectivity index (χ1n) is 8.13. The van der Waals surface area contributed by atoms with Crippen molar-refractivity contribution in [3.8, 4) is 11.3 Å². The molecule has 0 aliphatic rings. The second-order valence-corrected chi connectivity index (χ2v) is 6.39. The summed E-state index contributed by atoms with van der Waals surface area (Å²) in [5.41, 5.74) is 9.89. The number of hydrazone groups is 1. The number of amides is 1. The van der Waals surface area contributed by atoms with Gasteiger partial charge in [0.25, 0.3) is 0 Å². The van der Waals surface area contributed by atoms with E-state index in [4.69, 9.17) is 10.2 Å². The topological polar surface area (TPSA) is 136 Å². The lowest BCUT2D eigenvalue weighted by Crippen LogP contribution is -2.18. The number of Topliss-reactive ketones (excluding diaryl/α,β-unsaturated/α-hetero) is 1. The summed E-state index contributed by atoms with van der Waals surface area (Å²) >= 11 is 1.27. The largest absolute Gasteiger partial charge is 0.443 e. The second kappa shape index (κ2) is 8.82. The normalized spacial score (nSPS) is 11.7. The van der Waals surface area contributed by atoms with E-state index in [0.717, 1.165) is 0 Å². The Balaban J connectivity index is 1.60. The van der Waals surface area contributed by atoms with Gasteiger partial charge in [-0.05, 0) is 0 Å². The van der Waals surface area contributed by atoms with Gasteiger partial charge in [-0.2, -0.15) is 10.1 Å². The van der Waals surface area contributed by atoms with Gasteiger partial charge in [-0.15, -0.1) is 11.3 Å². The predicted molar refractivity (Wildman–Crippen MR) is 105 cm³/mol. The van der Waals surface area contributed by atoms with Crippen molar-refractivity contribution in [3.05, 3.63) is 58.5 Å². The van der Waals surface area contributed by atoms with E-state index in [0.29, 0.717) is 28.6 Å². The molecular formula is C18H16N6O3S. The molecule has 0 unspecified atom stereocenters. The minimum absolute atomic E-state index is 0.0646. The predicted octanol–water partition coefficient (Wildman–Crippen LogP) is 2.27. The van der Waals surface area contributed by atoms with Gasteiger partial charge >= 0.3 is 5.91 Å². The first-order chi connectivity index (χ1) is 13.5. The maximum atomic E-state index is 12.3. The molecular weight excluding hydrogens is 380 g/mol. The van der Waals surface area contributed by atoms with Gasteiger partial charge in [0.2, 0.25) is 0 Å². The van der Waals surface area contributed by atoms with Crippen LogP contribution in [0.1, 0.15) is 32.9 Å². The van der Waals surface area contributed by atoms with Crippen LogP contribution >= 0.6 is 11.3 Å². The highest BCUT2D eigenvalue weighted by atomic mass is 32.1. The molecule has 142 valence electrons. The number of hydrogen-bond acceptors (Lipinski definition) is 8. The van der Waals surface area contributed by atoms with E-state index in [2.05, 4.69) is 25.5 Å². The molecule has 0 saturated carbocycles. The monoisotopic (exact) mass is 396 g/mol. The standard InChI is InChI=1S/C18H16N6O3S/c1-11(25)18-23-13(9-28-18)7-21-22-8-14(19)24-17(26)15-16(27-10-20-15)12-5-3-2-4-6-12/h2-6,8-10,21H,7H2,1H3,(H2,19,24,26)/b22-8-. The molecule has 2 heterocycles. The van der Waals surface area contributed by atoms with Crippen molar-refractivity contribution >= 4 is 35.1 Å². The first kappa shape index (κ1) is 19.1. The highest BCUT2D eigenvalue weighted by Gasteiger charge is 2.17. The second-order valence-electron chi connectivity index (χ2n) is 5.53. The number of oxazole rings is 1. The maximum absolute atomic E-state index is 12.3. The van der Waals surface area contributed by atoms with Crippen LogP contribution in [-0.2, 0) is 6.54 Å². The average molecular weight is 396 g/mol. The van der Waals surface area contributed by atoms with Gasteiger partial charge in [0.15, 0.2) is 28.6 Å². The van der Waals surface area contributed by atoms with E-state index in [1.165, 1.54) is 30.9 Å². The number of nitrogens with zero attached hydrogens (tertiary/aromatic N) is 4. The molecule has 0 saturated heterocycles. The molecule has 1 aromatic carbocycles. The van der Waals surface area contributed by atoms with E-state index in [9.17, 15) is 9.59 Å². The number of hydrogen-bond donors (Lipinski definition) is 2. The fourth-order valence-electron chi connectivity index (χ4n) is 2.18. The number of ketones is 1. The third-order valence-electron chi connectivity index (χ3n) is 3.44. The van der Waals surface area contributed by atoms with Crippen LogP contribution in [0.15, 0.2) is 56.6 Å². The summed E-state index contributed by atoms with van der Waals surface area (Å²) in [7, 11) is 0. The first-order valence-corrected chi connectivity index (χ1v) is 9.01. The van der Waals surface area contributed by atoms with Crippen molar-refractivity contribution in [2.24, 2.45) is 15.8 Å². The Bertz CT molecular complexity index is 1040. The summed E-state index contributed by atoms with van der Waals surface area (Å²) in [6.45, 7) is 1.77. The third-order valence-corrected chi connectivity index (χ3v) is 4.43. The molecule has 1 amide bonds. The average Bonchev–Trinajstić information content (AvgIpc) is 3.35. The van der Waals surface area contributed by atoms with Crippen LogP contribution in [0.4, 0.5) is 0 Å². The highest BCUT2D eigenvalue weighted by Crippen LogP contribution is 2.23. The quantitative estimate of drug-likeness (QED) is 0.270. The van der Waals surface area contributed by atoms with Gasteiger partial charge < -0.3 is 15.6 Å². The lowest BCUT2D eigenvalue weighted by Gasteiger charge is -1.98. The van der Waals surface area contributed by atoms with Crippen LogP contribution in [-0.4, -0.2) is 33.7 Å². The number of rotatable bonds is 7. The van der Waals surface area contributed by atoms with Crippen molar-refractivity contribution < 1.29 is 14.0 Å². The highest BCUT2D eigenvalue weighted by molar-refractivity contribution is 7.11. The number of amidine groups is 1. The Hall–Kier alpha value is -3.66. The van der Waals surface area contributed by atoms with Crippen LogP contribution < -0.4 is 11.2 Å². The molecule has 3 aromatic rings. The zero-order valence-corrected chi connectivity index (χ0v) is 15.6. The molecule has 3 rings (SSSR count). The van der Waals surface area contributed by atoms with Gasteiger partial charge in [0.1, 0.15) is 5.84 Å². The van der Waals surface area contributed by atoms with Crippen LogP contribution in [0.3, 0.4) is 0 Å². The maximum Gasteiger partial charge on any atom is 0.301 e. The lowest BCUT2D eigenvalue weighted by molar-refractivity contribution is 0.0995. The zero-order chi connectivity index (χ0) is 19.9. The Labute approximate surface area is 164 Å². The minimum atomic E-state index is -0.637. The summed E-state index contributed by atoms with van der Waals surface area (Å²) in [6.07, 6.45) is 2.39. The number of benzene rings is 1. The summed E-state index contributed by atoms with van der Waals surface area (Å²) in [4.78, 5) is 35.4. The molecule has 0 aliphatic carbocycles. The van der Waals surface area contributed by atoms with Crippen molar-refractivity contribution in [3.63, 3.8) is 0 Å². The fraction of sp³-hybridized carbons (Fsp3) is 0.111. The number of nitrogens with one attached hydrogen (secondary N) is 1. The van der Waals surface area contributed by atoms with E-state index >= 15 is 0 Å².